The Balaban J connectivity index is 2.35. The monoisotopic (exact) mass is 209 g/mol. The number of nitrogens with zero attached hydrogens (tertiary/aromatic N) is 1. The van der Waals surface area contributed by atoms with Gasteiger partial charge >= 0.3 is 0 Å². The van der Waals surface area contributed by atoms with Crippen LogP contribution in [-0.4, -0.2) is 18.2 Å². The summed E-state index contributed by atoms with van der Waals surface area (Å²) in [5, 5.41) is 0. The van der Waals surface area contributed by atoms with Crippen LogP contribution in [0.5, 0.6) is 5.88 Å². The van der Waals surface area contributed by atoms with Gasteiger partial charge in [0, 0.05) is 18.9 Å². The second kappa shape index (κ2) is 7.23. The van der Waals surface area contributed by atoms with E-state index in [4.69, 9.17) is 9.47 Å². The van der Waals surface area contributed by atoms with Crippen molar-refractivity contribution in [3.05, 3.63) is 23.9 Å². The van der Waals surface area contributed by atoms with Crippen molar-refractivity contribution in [3.63, 3.8) is 0 Å². The molecule has 0 saturated heterocycles. The molecule has 1 heterocycles. The highest BCUT2D eigenvalue weighted by atomic mass is 16.5. The fourth-order valence-electron chi connectivity index (χ4n) is 1.12. The van der Waals surface area contributed by atoms with E-state index in [9.17, 15) is 0 Å². The molecule has 0 aromatic carbocycles. The molecule has 0 aliphatic rings. The maximum atomic E-state index is 5.41. The average Bonchev–Trinajstić information content (AvgIpc) is 2.28. The summed E-state index contributed by atoms with van der Waals surface area (Å²) in [7, 11) is 0. The van der Waals surface area contributed by atoms with Crippen LogP contribution in [0, 0.1) is 0 Å². The van der Waals surface area contributed by atoms with E-state index in [0.29, 0.717) is 12.5 Å². The van der Waals surface area contributed by atoms with Gasteiger partial charge in [0.25, 0.3) is 0 Å². The van der Waals surface area contributed by atoms with Gasteiger partial charge in [-0.1, -0.05) is 13.8 Å². The molecule has 1 aromatic heterocycles. The van der Waals surface area contributed by atoms with E-state index in [1.807, 2.05) is 12.1 Å². The van der Waals surface area contributed by atoms with Gasteiger partial charge in [-0.15, -0.1) is 0 Å². The number of hydrogen-bond donors (Lipinski definition) is 0. The SMILES string of the molecule is CCCOCc1ccc(OCCC)nc1. The van der Waals surface area contributed by atoms with Crippen molar-refractivity contribution in [2.75, 3.05) is 13.2 Å². The highest BCUT2D eigenvalue weighted by Crippen LogP contribution is 2.08. The molecule has 0 aliphatic carbocycles. The first kappa shape index (κ1) is 12.0. The molecule has 0 atom stereocenters. The van der Waals surface area contributed by atoms with Crippen LogP contribution in [0.25, 0.3) is 0 Å². The van der Waals surface area contributed by atoms with Gasteiger partial charge in [-0.2, -0.15) is 0 Å². The van der Waals surface area contributed by atoms with Crippen molar-refractivity contribution in [3.8, 4) is 5.88 Å². The van der Waals surface area contributed by atoms with Gasteiger partial charge in [-0.3, -0.25) is 0 Å². The Morgan fingerprint density at radius 3 is 2.53 bits per heavy atom. The van der Waals surface area contributed by atoms with Gasteiger partial charge in [0.15, 0.2) is 0 Å². The molecule has 0 amide bonds. The van der Waals surface area contributed by atoms with E-state index < -0.39 is 0 Å². The van der Waals surface area contributed by atoms with Crippen LogP contribution in [0.2, 0.25) is 0 Å². The molecule has 0 unspecified atom stereocenters. The molecule has 0 spiro atoms. The standard InChI is InChI=1S/C12H19NO2/c1-3-7-14-10-11-5-6-12(13-9-11)15-8-4-2/h5-6,9H,3-4,7-8,10H2,1-2H3. The molecular formula is C12H19NO2. The zero-order chi connectivity index (χ0) is 10.9. The van der Waals surface area contributed by atoms with Crippen LogP contribution >= 0.6 is 0 Å². The van der Waals surface area contributed by atoms with Gasteiger partial charge in [0.05, 0.1) is 13.2 Å². The summed E-state index contributed by atoms with van der Waals surface area (Å²) in [6, 6.07) is 3.88. The Bertz CT molecular complexity index is 259. The Labute approximate surface area is 91.4 Å². The number of pyridine rings is 1. The third-order valence-corrected chi connectivity index (χ3v) is 1.87. The fraction of sp³-hybridized carbons (Fsp3) is 0.583. The van der Waals surface area contributed by atoms with Crippen molar-refractivity contribution in [1.29, 1.82) is 0 Å². The normalized spacial score (nSPS) is 10.3. The summed E-state index contributed by atoms with van der Waals surface area (Å²) in [5.41, 5.74) is 1.09. The molecule has 3 heteroatoms. The lowest BCUT2D eigenvalue weighted by molar-refractivity contribution is 0.121. The molecule has 0 N–H and O–H groups in total. The first-order valence-corrected chi connectivity index (χ1v) is 5.52. The summed E-state index contributed by atoms with van der Waals surface area (Å²) < 4.78 is 10.8. The lowest BCUT2D eigenvalue weighted by atomic mass is 10.3. The molecular weight excluding hydrogens is 190 g/mol. The topological polar surface area (TPSA) is 31.4 Å². The summed E-state index contributed by atoms with van der Waals surface area (Å²) in [6.07, 6.45) is 3.86. The van der Waals surface area contributed by atoms with Gasteiger partial charge in [0.1, 0.15) is 0 Å². The highest BCUT2D eigenvalue weighted by molar-refractivity contribution is 5.17. The summed E-state index contributed by atoms with van der Waals surface area (Å²) in [6.45, 7) is 6.33. The zero-order valence-electron chi connectivity index (χ0n) is 9.53. The van der Waals surface area contributed by atoms with Crippen LogP contribution in [0.4, 0.5) is 0 Å². The van der Waals surface area contributed by atoms with Crippen LogP contribution < -0.4 is 4.74 Å². The summed E-state index contributed by atoms with van der Waals surface area (Å²) in [4.78, 5) is 4.19. The summed E-state index contributed by atoms with van der Waals surface area (Å²) >= 11 is 0. The Morgan fingerprint density at radius 2 is 1.93 bits per heavy atom. The van der Waals surface area contributed by atoms with E-state index in [0.717, 1.165) is 31.6 Å². The molecule has 0 bridgehead atoms. The lowest BCUT2D eigenvalue weighted by Crippen LogP contribution is -1.99. The molecule has 3 nitrogen and oxygen atoms in total. The fourth-order valence-corrected chi connectivity index (χ4v) is 1.12. The van der Waals surface area contributed by atoms with Crippen molar-refractivity contribution in [1.82, 2.24) is 4.98 Å². The molecule has 1 aromatic rings. The quantitative estimate of drug-likeness (QED) is 0.647. The van der Waals surface area contributed by atoms with E-state index in [1.54, 1.807) is 6.20 Å². The minimum atomic E-state index is 0.634. The molecule has 84 valence electrons. The minimum Gasteiger partial charge on any atom is -0.478 e. The molecule has 0 fully saturated rings. The van der Waals surface area contributed by atoms with Crippen LogP contribution in [0.1, 0.15) is 32.3 Å². The number of aromatic nitrogens is 1. The van der Waals surface area contributed by atoms with E-state index in [-0.39, 0.29) is 0 Å². The minimum absolute atomic E-state index is 0.634. The van der Waals surface area contributed by atoms with Crippen LogP contribution in [-0.2, 0) is 11.3 Å². The Morgan fingerprint density at radius 1 is 1.13 bits per heavy atom. The predicted molar refractivity (Wildman–Crippen MR) is 60.0 cm³/mol. The van der Waals surface area contributed by atoms with Gasteiger partial charge in [0.2, 0.25) is 5.88 Å². The largest absolute Gasteiger partial charge is 0.478 e. The predicted octanol–water partition coefficient (Wildman–Crippen LogP) is 2.80. The van der Waals surface area contributed by atoms with Crippen molar-refractivity contribution < 1.29 is 9.47 Å². The maximum absolute atomic E-state index is 5.41. The lowest BCUT2D eigenvalue weighted by Gasteiger charge is -2.05. The number of ether oxygens (including phenoxy) is 2. The van der Waals surface area contributed by atoms with Gasteiger partial charge < -0.3 is 9.47 Å². The third-order valence-electron chi connectivity index (χ3n) is 1.87. The Hall–Kier alpha value is -1.09. The second-order valence-corrected chi connectivity index (χ2v) is 3.41. The van der Waals surface area contributed by atoms with Crippen molar-refractivity contribution in [2.45, 2.75) is 33.3 Å². The Kier molecular flexibility index (Phi) is 5.78. The smallest absolute Gasteiger partial charge is 0.213 e. The highest BCUT2D eigenvalue weighted by Gasteiger charge is 1.96. The number of hydrogen-bond acceptors (Lipinski definition) is 3. The zero-order valence-corrected chi connectivity index (χ0v) is 9.53. The van der Waals surface area contributed by atoms with Gasteiger partial charge in [-0.05, 0) is 24.5 Å². The van der Waals surface area contributed by atoms with E-state index in [1.165, 1.54) is 0 Å². The van der Waals surface area contributed by atoms with Crippen LogP contribution in [0.15, 0.2) is 18.3 Å². The van der Waals surface area contributed by atoms with Crippen LogP contribution in [0.3, 0.4) is 0 Å². The maximum Gasteiger partial charge on any atom is 0.213 e. The molecule has 0 radical (unpaired) electrons. The third kappa shape index (κ3) is 4.79. The number of rotatable bonds is 7. The molecule has 0 aliphatic heterocycles. The summed E-state index contributed by atoms with van der Waals surface area (Å²) in [5.74, 6) is 0.691. The average molecular weight is 209 g/mol. The molecule has 15 heavy (non-hydrogen) atoms. The second-order valence-electron chi connectivity index (χ2n) is 3.41. The molecule has 1 rings (SSSR count). The first-order chi connectivity index (χ1) is 7.36. The van der Waals surface area contributed by atoms with E-state index in [2.05, 4.69) is 18.8 Å². The van der Waals surface area contributed by atoms with E-state index >= 15 is 0 Å². The first-order valence-electron chi connectivity index (χ1n) is 5.52. The van der Waals surface area contributed by atoms with Gasteiger partial charge in [-0.25, -0.2) is 4.98 Å². The van der Waals surface area contributed by atoms with Crippen molar-refractivity contribution >= 4 is 0 Å². The molecule has 0 saturated carbocycles. The van der Waals surface area contributed by atoms with Crippen molar-refractivity contribution in [2.24, 2.45) is 0 Å².